The van der Waals surface area contributed by atoms with Crippen molar-refractivity contribution in [3.8, 4) is 0 Å². The Hall–Kier alpha value is -1.42. The quantitative estimate of drug-likeness (QED) is 0.367. The molecule has 0 unspecified atom stereocenters. The molecule has 2 aliphatic rings. The van der Waals surface area contributed by atoms with Gasteiger partial charge in [-0.3, -0.25) is 14.3 Å². The Morgan fingerprint density at radius 2 is 1.79 bits per heavy atom. The molecule has 4 rings (SSSR count). The van der Waals surface area contributed by atoms with Crippen LogP contribution in [0.2, 0.25) is 0 Å². The van der Waals surface area contributed by atoms with Crippen LogP contribution in [0.5, 0.6) is 0 Å². The van der Waals surface area contributed by atoms with Gasteiger partial charge in [0.15, 0.2) is 17.4 Å². The lowest BCUT2D eigenvalue weighted by molar-refractivity contribution is 0.0368. The van der Waals surface area contributed by atoms with E-state index in [-0.39, 0.29) is 29.5 Å². The Labute approximate surface area is 190 Å². The van der Waals surface area contributed by atoms with E-state index in [0.29, 0.717) is 6.54 Å². The fourth-order valence-corrected chi connectivity index (χ4v) is 4.83. The topological polar surface area (TPSA) is 69.8 Å². The summed E-state index contributed by atoms with van der Waals surface area (Å²) in [6.07, 6.45) is 12.7. The van der Waals surface area contributed by atoms with Gasteiger partial charge in [0.2, 0.25) is 0 Å². The maximum atomic E-state index is 4.45. The maximum Gasteiger partial charge on any atom is 0.191 e. The number of hydrogen-bond donors (Lipinski definition) is 2. The molecule has 1 saturated heterocycles. The van der Waals surface area contributed by atoms with Crippen molar-refractivity contribution >= 4 is 35.6 Å². The Morgan fingerprint density at radius 1 is 1.03 bits per heavy atom. The number of likely N-dealkylation sites (tertiary alicyclic amines) is 1. The minimum Gasteiger partial charge on any atom is -0.355 e. The van der Waals surface area contributed by atoms with Crippen LogP contribution in [0, 0.1) is 0 Å². The number of nitrogens with one attached hydrogen (secondary N) is 2. The molecule has 7 nitrogen and oxygen atoms in total. The summed E-state index contributed by atoms with van der Waals surface area (Å²) in [5.41, 5.74) is 1.16. The van der Waals surface area contributed by atoms with Crippen LogP contribution < -0.4 is 10.6 Å². The molecule has 2 fully saturated rings. The van der Waals surface area contributed by atoms with Gasteiger partial charge in [-0.15, -0.1) is 34.2 Å². The molecule has 1 saturated carbocycles. The minimum atomic E-state index is 0. The van der Waals surface area contributed by atoms with E-state index in [0.717, 1.165) is 24.0 Å². The van der Waals surface area contributed by atoms with E-state index in [1.54, 1.807) is 0 Å². The number of piperidine rings is 1. The molecule has 2 aromatic rings. The Kier molecular flexibility index (Phi) is 8.11. The molecule has 0 bridgehead atoms. The number of halogens is 1. The third-order valence-electron chi connectivity index (χ3n) is 6.42. The highest BCUT2D eigenvalue weighted by atomic mass is 127. The van der Waals surface area contributed by atoms with Gasteiger partial charge in [-0.25, -0.2) is 0 Å². The van der Waals surface area contributed by atoms with Crippen molar-refractivity contribution < 1.29 is 0 Å². The van der Waals surface area contributed by atoms with Gasteiger partial charge in [0.1, 0.15) is 0 Å². The van der Waals surface area contributed by atoms with Crippen LogP contribution in [0.15, 0.2) is 29.4 Å². The second-order valence-electron chi connectivity index (χ2n) is 8.16. The summed E-state index contributed by atoms with van der Waals surface area (Å²) in [7, 11) is 1.84. The lowest BCUT2D eigenvalue weighted by Gasteiger charge is -2.48. The number of guanidine groups is 1. The summed E-state index contributed by atoms with van der Waals surface area (Å²) in [5, 5.41) is 15.6. The smallest absolute Gasteiger partial charge is 0.191 e. The predicted molar refractivity (Wildman–Crippen MR) is 128 cm³/mol. The van der Waals surface area contributed by atoms with Crippen LogP contribution >= 0.6 is 24.0 Å². The van der Waals surface area contributed by atoms with Crippen molar-refractivity contribution in [2.75, 3.05) is 26.7 Å². The van der Waals surface area contributed by atoms with Crippen LogP contribution in [-0.2, 0) is 6.54 Å². The summed E-state index contributed by atoms with van der Waals surface area (Å²) in [4.78, 5) is 7.21. The number of pyridine rings is 1. The van der Waals surface area contributed by atoms with E-state index in [1.807, 2.05) is 35.8 Å². The normalized spacial score (nSPS) is 20.2. The molecule has 8 heteroatoms. The van der Waals surface area contributed by atoms with Crippen LogP contribution in [-0.4, -0.2) is 57.7 Å². The van der Waals surface area contributed by atoms with E-state index in [4.69, 9.17) is 0 Å². The highest BCUT2D eigenvalue weighted by Crippen LogP contribution is 2.35. The standard InChI is InChI=1S/C21H33N7.HI/c1-22-20(23-16-19-26-25-18-10-4-9-15-28(18)19)24-17-21(11-5-2-6-12-21)27-13-7-3-8-14-27;/h4,9-10,15H,2-3,5-8,11-14,16-17H2,1H3,(H2,22,23,24);1H. The van der Waals surface area contributed by atoms with Crippen molar-refractivity contribution in [2.24, 2.45) is 4.99 Å². The van der Waals surface area contributed by atoms with Gasteiger partial charge in [-0.2, -0.15) is 0 Å². The highest BCUT2D eigenvalue weighted by molar-refractivity contribution is 14.0. The second kappa shape index (κ2) is 10.6. The lowest BCUT2D eigenvalue weighted by Crippen LogP contribution is -2.59. The molecule has 29 heavy (non-hydrogen) atoms. The van der Waals surface area contributed by atoms with Crippen LogP contribution in [0.25, 0.3) is 5.65 Å². The zero-order valence-corrected chi connectivity index (χ0v) is 19.8. The number of aliphatic imine (C=N–C) groups is 1. The largest absolute Gasteiger partial charge is 0.355 e. The van der Waals surface area contributed by atoms with Gasteiger partial charge < -0.3 is 10.6 Å². The molecule has 0 radical (unpaired) electrons. The molecule has 1 aliphatic carbocycles. The van der Waals surface area contributed by atoms with E-state index in [9.17, 15) is 0 Å². The number of nitrogens with zero attached hydrogens (tertiary/aromatic N) is 5. The summed E-state index contributed by atoms with van der Waals surface area (Å²) >= 11 is 0. The highest BCUT2D eigenvalue weighted by Gasteiger charge is 2.38. The van der Waals surface area contributed by atoms with Crippen molar-refractivity contribution in [3.63, 3.8) is 0 Å². The summed E-state index contributed by atoms with van der Waals surface area (Å²) < 4.78 is 2.01. The van der Waals surface area contributed by atoms with Gasteiger partial charge in [0, 0.05) is 25.3 Å². The van der Waals surface area contributed by atoms with Crippen LogP contribution in [0.3, 0.4) is 0 Å². The van der Waals surface area contributed by atoms with Gasteiger partial charge in [0.25, 0.3) is 0 Å². The van der Waals surface area contributed by atoms with E-state index in [2.05, 4.69) is 30.7 Å². The first kappa shape index (κ1) is 22.3. The Morgan fingerprint density at radius 3 is 2.55 bits per heavy atom. The number of aromatic nitrogens is 3. The number of rotatable bonds is 5. The minimum absolute atomic E-state index is 0. The predicted octanol–water partition coefficient (Wildman–Crippen LogP) is 3.20. The third-order valence-corrected chi connectivity index (χ3v) is 6.42. The van der Waals surface area contributed by atoms with Gasteiger partial charge in [-0.05, 0) is 50.9 Å². The summed E-state index contributed by atoms with van der Waals surface area (Å²) in [6.45, 7) is 4.06. The SMILES string of the molecule is CN=C(NCc1nnc2ccccn12)NCC1(N2CCCCC2)CCCCC1.I. The lowest BCUT2D eigenvalue weighted by atomic mass is 9.79. The molecule has 2 N–H and O–H groups in total. The molecular weight excluding hydrogens is 477 g/mol. The molecule has 0 spiro atoms. The molecule has 160 valence electrons. The third kappa shape index (κ3) is 5.20. The van der Waals surface area contributed by atoms with E-state index >= 15 is 0 Å². The van der Waals surface area contributed by atoms with Crippen LogP contribution in [0.4, 0.5) is 0 Å². The molecular formula is C21H34IN7. The van der Waals surface area contributed by atoms with Crippen molar-refractivity contribution in [2.45, 2.75) is 63.5 Å². The molecule has 0 aromatic carbocycles. The first-order valence-electron chi connectivity index (χ1n) is 10.8. The summed E-state index contributed by atoms with van der Waals surface area (Å²) in [6, 6.07) is 5.94. The Balaban J connectivity index is 0.00000240. The average Bonchev–Trinajstić information content (AvgIpc) is 3.18. The number of fused-ring (bicyclic) bond motifs is 1. The van der Waals surface area contributed by atoms with Crippen molar-refractivity contribution in [1.29, 1.82) is 0 Å². The Bertz CT molecular complexity index is 791. The average molecular weight is 511 g/mol. The number of hydrogen-bond acceptors (Lipinski definition) is 4. The van der Waals surface area contributed by atoms with E-state index < -0.39 is 0 Å². The molecule has 0 atom stereocenters. The van der Waals surface area contributed by atoms with Gasteiger partial charge in [0.05, 0.1) is 6.54 Å². The van der Waals surface area contributed by atoms with Gasteiger partial charge >= 0.3 is 0 Å². The fraction of sp³-hybridized carbons (Fsp3) is 0.667. The molecule has 2 aromatic heterocycles. The first-order chi connectivity index (χ1) is 13.8. The first-order valence-corrected chi connectivity index (χ1v) is 10.8. The molecule has 3 heterocycles. The van der Waals surface area contributed by atoms with Gasteiger partial charge in [-0.1, -0.05) is 31.7 Å². The zero-order valence-electron chi connectivity index (χ0n) is 17.4. The summed E-state index contributed by atoms with van der Waals surface area (Å²) in [5.74, 6) is 1.73. The zero-order chi connectivity index (χ0) is 19.2. The second-order valence-corrected chi connectivity index (χ2v) is 8.16. The monoisotopic (exact) mass is 511 g/mol. The molecule has 0 amide bonds. The van der Waals surface area contributed by atoms with Crippen LogP contribution in [0.1, 0.15) is 57.2 Å². The fourth-order valence-electron chi connectivity index (χ4n) is 4.83. The maximum absolute atomic E-state index is 4.45. The molecule has 1 aliphatic heterocycles. The van der Waals surface area contributed by atoms with E-state index in [1.165, 1.54) is 64.5 Å². The van der Waals surface area contributed by atoms with Crippen molar-refractivity contribution in [1.82, 2.24) is 30.1 Å². The van der Waals surface area contributed by atoms with Crippen molar-refractivity contribution in [3.05, 3.63) is 30.2 Å².